The fourth-order valence-electron chi connectivity index (χ4n) is 2.76. The van der Waals surface area contributed by atoms with Gasteiger partial charge >= 0.3 is 16.2 Å². The molecule has 0 bridgehead atoms. The number of urea groups is 1. The van der Waals surface area contributed by atoms with Gasteiger partial charge in [0.2, 0.25) is 0 Å². The minimum absolute atomic E-state index is 0.177. The summed E-state index contributed by atoms with van der Waals surface area (Å²) in [6.07, 6.45) is 2.85. The molecule has 11 heteroatoms. The van der Waals surface area contributed by atoms with Gasteiger partial charge < -0.3 is 10.4 Å². The lowest BCUT2D eigenvalue weighted by Crippen LogP contribution is -2.50. The van der Waals surface area contributed by atoms with E-state index < -0.39 is 21.8 Å². The Morgan fingerprint density at radius 2 is 1.93 bits per heavy atom. The number of nitrogens with zero attached hydrogens (tertiary/aromatic N) is 3. The Hall–Kier alpha value is -2.11. The number of anilines is 2. The maximum atomic E-state index is 13.0. The second kappa shape index (κ2) is 8.94. The van der Waals surface area contributed by atoms with Crippen molar-refractivity contribution in [2.45, 2.75) is 59.0 Å². The van der Waals surface area contributed by atoms with E-state index in [1.54, 1.807) is 18.4 Å². The summed E-state index contributed by atoms with van der Waals surface area (Å²) in [6, 6.07) is 1.02. The van der Waals surface area contributed by atoms with Crippen molar-refractivity contribution in [1.82, 2.24) is 14.5 Å². The van der Waals surface area contributed by atoms with E-state index in [9.17, 15) is 18.3 Å². The maximum absolute atomic E-state index is 13.0. The van der Waals surface area contributed by atoms with E-state index in [4.69, 9.17) is 0 Å². The van der Waals surface area contributed by atoms with Crippen LogP contribution in [-0.4, -0.2) is 41.5 Å². The summed E-state index contributed by atoms with van der Waals surface area (Å²) in [6.45, 7) is 10.9. The van der Waals surface area contributed by atoms with Gasteiger partial charge in [-0.1, -0.05) is 27.7 Å². The fraction of sp³-hybridized carbons (Fsp3) is 0.579. The van der Waals surface area contributed by atoms with Crippen LogP contribution in [-0.2, 0) is 17.3 Å². The fourth-order valence-corrected chi connectivity index (χ4v) is 5.13. The zero-order valence-electron chi connectivity index (χ0n) is 18.4. The number of aryl methyl sites for hydroxylation is 1. The van der Waals surface area contributed by atoms with Crippen LogP contribution in [0.25, 0.3) is 0 Å². The van der Waals surface area contributed by atoms with Gasteiger partial charge in [-0.2, -0.15) is 13.5 Å². The zero-order chi connectivity index (χ0) is 22.9. The number of thiophene rings is 1. The largest absolute Gasteiger partial charge is 0.389 e. The molecule has 30 heavy (non-hydrogen) atoms. The van der Waals surface area contributed by atoms with E-state index in [2.05, 4.69) is 24.3 Å². The first kappa shape index (κ1) is 24.2. The Bertz CT molecular complexity index is 987. The van der Waals surface area contributed by atoms with Gasteiger partial charge in [-0.3, -0.25) is 4.68 Å². The highest BCUT2D eigenvalue weighted by Gasteiger charge is 2.31. The molecule has 0 aliphatic rings. The molecule has 0 atom stereocenters. The van der Waals surface area contributed by atoms with Crippen molar-refractivity contribution in [3.05, 3.63) is 28.2 Å². The minimum atomic E-state index is -4.30. The van der Waals surface area contributed by atoms with Gasteiger partial charge in [0, 0.05) is 23.0 Å². The lowest BCUT2D eigenvalue weighted by atomic mass is 10.1. The average Bonchev–Trinajstić information content (AvgIpc) is 3.17. The smallest absolute Gasteiger partial charge is 0.334 e. The summed E-state index contributed by atoms with van der Waals surface area (Å²) in [4.78, 5) is 14.7. The van der Waals surface area contributed by atoms with Gasteiger partial charge in [-0.15, -0.1) is 11.3 Å². The summed E-state index contributed by atoms with van der Waals surface area (Å²) in [5, 5.41) is 16.8. The predicted octanol–water partition coefficient (Wildman–Crippen LogP) is 3.37. The van der Waals surface area contributed by atoms with Crippen molar-refractivity contribution < 1.29 is 18.3 Å². The number of aromatic nitrogens is 2. The average molecular weight is 458 g/mol. The third kappa shape index (κ3) is 6.19. The van der Waals surface area contributed by atoms with Gasteiger partial charge in [-0.05, 0) is 31.7 Å². The molecule has 0 saturated heterocycles. The molecule has 0 fully saturated rings. The molecule has 0 spiro atoms. The van der Waals surface area contributed by atoms with Crippen LogP contribution < -0.4 is 14.3 Å². The predicted molar refractivity (Wildman–Crippen MR) is 120 cm³/mol. The molecule has 0 radical (unpaired) electrons. The molecule has 0 aliphatic heterocycles. The van der Waals surface area contributed by atoms with Gasteiger partial charge in [0.05, 0.1) is 29.7 Å². The number of aliphatic hydroxyl groups is 1. The van der Waals surface area contributed by atoms with E-state index in [0.29, 0.717) is 11.6 Å². The van der Waals surface area contributed by atoms with Gasteiger partial charge in [0.25, 0.3) is 0 Å². The lowest BCUT2D eigenvalue weighted by Gasteiger charge is -2.28. The molecule has 2 aromatic rings. The number of carbonyl (C=O) groups excluding carboxylic acids is 1. The van der Waals surface area contributed by atoms with E-state index in [1.807, 2.05) is 24.6 Å². The van der Waals surface area contributed by atoms with Crippen LogP contribution in [0.4, 0.5) is 16.2 Å². The summed E-state index contributed by atoms with van der Waals surface area (Å²) in [7, 11) is -2.65. The second-order valence-corrected chi connectivity index (χ2v) is 11.2. The van der Waals surface area contributed by atoms with Crippen LogP contribution in [0.5, 0.6) is 0 Å². The van der Waals surface area contributed by atoms with Gasteiger partial charge in [-0.25, -0.2) is 13.8 Å². The van der Waals surface area contributed by atoms with Crippen molar-refractivity contribution in [1.29, 1.82) is 0 Å². The van der Waals surface area contributed by atoms with Gasteiger partial charge in [0.1, 0.15) is 0 Å². The Kier molecular flexibility index (Phi) is 7.20. The Morgan fingerprint density at radius 1 is 1.30 bits per heavy atom. The van der Waals surface area contributed by atoms with Crippen molar-refractivity contribution in [3.63, 3.8) is 0 Å². The lowest BCUT2D eigenvalue weighted by molar-refractivity contribution is 0.0908. The Balaban J connectivity index is 2.27. The topological polar surface area (TPSA) is 117 Å². The molecule has 0 aromatic carbocycles. The quantitative estimate of drug-likeness (QED) is 0.562. The van der Waals surface area contributed by atoms with Crippen molar-refractivity contribution in [2.24, 2.45) is 7.05 Å². The van der Waals surface area contributed by atoms with E-state index >= 15 is 0 Å². The molecule has 168 valence electrons. The van der Waals surface area contributed by atoms with Crippen LogP contribution >= 0.6 is 11.3 Å². The van der Waals surface area contributed by atoms with E-state index in [1.165, 1.54) is 30.9 Å². The summed E-state index contributed by atoms with van der Waals surface area (Å²) in [5.74, 6) is 0.471. The van der Waals surface area contributed by atoms with Crippen LogP contribution in [0.15, 0.2) is 18.5 Å². The van der Waals surface area contributed by atoms with Crippen molar-refractivity contribution >= 4 is 39.0 Å². The standard InChI is InChI=1S/C19H31N5O4S2/c1-12(2)16-8-15(17(29-16)13(3)4)21-18(25)22-30(27,28)24(11-19(5,6)26)14-9-20-23(7)10-14/h8-10,12-13,26H,11H2,1-7H3,(H2,21,22,25). The van der Waals surface area contributed by atoms with Crippen LogP contribution in [0.3, 0.4) is 0 Å². The van der Waals surface area contributed by atoms with E-state index in [0.717, 1.165) is 14.1 Å². The van der Waals surface area contributed by atoms with Crippen molar-refractivity contribution in [3.8, 4) is 0 Å². The third-order valence-corrected chi connectivity index (χ3v) is 7.24. The summed E-state index contributed by atoms with van der Waals surface area (Å²) in [5.41, 5.74) is -0.493. The SMILES string of the molecule is CC(C)c1cc(NC(=O)NS(=O)(=O)N(CC(C)(C)O)c2cnn(C)c2)c(C(C)C)s1. The molecule has 0 unspecified atom stereocenters. The first-order valence-corrected chi connectivity index (χ1v) is 11.9. The molecule has 2 heterocycles. The summed E-state index contributed by atoms with van der Waals surface area (Å²) < 4.78 is 30.3. The molecular formula is C19H31N5O4S2. The van der Waals surface area contributed by atoms with Crippen molar-refractivity contribution in [2.75, 3.05) is 16.2 Å². The molecule has 9 nitrogen and oxygen atoms in total. The summed E-state index contributed by atoms with van der Waals surface area (Å²) >= 11 is 1.60. The first-order valence-electron chi connectivity index (χ1n) is 9.65. The Morgan fingerprint density at radius 3 is 2.40 bits per heavy atom. The number of carbonyl (C=O) groups is 1. The number of hydrogen-bond acceptors (Lipinski definition) is 6. The molecule has 0 aliphatic carbocycles. The molecule has 3 N–H and O–H groups in total. The van der Waals surface area contributed by atoms with Crippen LogP contribution in [0, 0.1) is 0 Å². The second-order valence-electron chi connectivity index (χ2n) is 8.49. The highest BCUT2D eigenvalue weighted by Crippen LogP contribution is 2.36. The molecular weight excluding hydrogens is 426 g/mol. The normalized spacial score (nSPS) is 12.5. The zero-order valence-corrected chi connectivity index (χ0v) is 20.1. The molecule has 2 rings (SSSR count). The highest BCUT2D eigenvalue weighted by molar-refractivity contribution is 7.91. The Labute approximate surface area is 182 Å². The third-order valence-electron chi connectivity index (χ3n) is 4.14. The maximum Gasteiger partial charge on any atom is 0.334 e. The van der Waals surface area contributed by atoms with Gasteiger partial charge in [0.15, 0.2) is 0 Å². The monoisotopic (exact) mass is 457 g/mol. The molecule has 2 aromatic heterocycles. The van der Waals surface area contributed by atoms with E-state index in [-0.39, 0.29) is 18.2 Å². The number of nitrogens with one attached hydrogen (secondary N) is 2. The number of hydrogen-bond donors (Lipinski definition) is 3. The number of rotatable bonds is 8. The first-order chi connectivity index (χ1) is 13.7. The number of amides is 2. The van der Waals surface area contributed by atoms with Crippen LogP contribution in [0.2, 0.25) is 0 Å². The minimum Gasteiger partial charge on any atom is -0.389 e. The molecule has 2 amide bonds. The highest BCUT2D eigenvalue weighted by atomic mass is 32.2. The molecule has 0 saturated carbocycles. The van der Waals surface area contributed by atoms with Crippen LogP contribution in [0.1, 0.15) is 63.1 Å².